The highest BCUT2D eigenvalue weighted by Crippen LogP contribution is 2.54. The van der Waals surface area contributed by atoms with Gasteiger partial charge in [0, 0.05) is 28.8 Å². The third-order valence-corrected chi connectivity index (χ3v) is 6.48. The molecular formula is C23H25B3N6O3. The maximum atomic E-state index is 12.2. The first kappa shape index (κ1) is 25.1. The number of carbonyl (C=O) groups is 1. The van der Waals surface area contributed by atoms with Gasteiger partial charge in [0.25, 0.3) is 0 Å². The largest absolute Gasteiger partial charge is 0.443 e. The number of carbonyl (C=O) groups excluding carboxylic acids is 1. The molecule has 3 aromatic rings. The first-order valence-electron chi connectivity index (χ1n) is 11.3. The quantitative estimate of drug-likeness (QED) is 0.437. The standard InChI is InChI=1S/C23H25B3N6O3/c1-21(2,3)20(33)35-13-31-9-5-15-17(28-12-29-19(15)31)14-10-30-32(11-14)16(4-8-27)18-22(24,25)6-7-23(18,26)34/h5,9-12,16,18,34H,4,6-7,13H2,1-3H3. The number of ether oxygens (including phenoxy) is 1. The summed E-state index contributed by atoms with van der Waals surface area (Å²) in [6.07, 6.45) is 7.08. The van der Waals surface area contributed by atoms with Gasteiger partial charge in [-0.15, -0.1) is 0 Å². The van der Waals surface area contributed by atoms with Gasteiger partial charge in [-0.3, -0.25) is 14.0 Å². The summed E-state index contributed by atoms with van der Waals surface area (Å²) in [5.74, 6) is -1.10. The molecule has 1 aliphatic carbocycles. The van der Waals surface area contributed by atoms with E-state index >= 15 is 0 Å². The zero-order chi connectivity index (χ0) is 25.6. The minimum atomic E-state index is -1.62. The van der Waals surface area contributed by atoms with Crippen LogP contribution in [0.4, 0.5) is 0 Å². The van der Waals surface area contributed by atoms with E-state index in [1.165, 1.54) is 6.33 Å². The molecule has 1 aliphatic rings. The molecule has 1 N–H and O–H groups in total. The van der Waals surface area contributed by atoms with Gasteiger partial charge in [-0.2, -0.15) is 10.4 Å². The molecule has 12 heteroatoms. The van der Waals surface area contributed by atoms with E-state index in [2.05, 4.69) is 21.1 Å². The van der Waals surface area contributed by atoms with Crippen molar-refractivity contribution in [2.45, 2.75) is 63.5 Å². The Morgan fingerprint density at radius 2 is 2.09 bits per heavy atom. The third kappa shape index (κ3) is 4.74. The molecule has 174 valence electrons. The van der Waals surface area contributed by atoms with Gasteiger partial charge in [0.2, 0.25) is 0 Å². The highest BCUT2D eigenvalue weighted by Gasteiger charge is 2.51. The molecule has 0 saturated heterocycles. The van der Waals surface area contributed by atoms with Crippen molar-refractivity contribution in [3.63, 3.8) is 0 Å². The van der Waals surface area contributed by atoms with Crippen molar-refractivity contribution in [3.8, 4) is 17.3 Å². The predicted molar refractivity (Wildman–Crippen MR) is 131 cm³/mol. The Morgan fingerprint density at radius 3 is 2.71 bits per heavy atom. The van der Waals surface area contributed by atoms with Crippen molar-refractivity contribution in [2.24, 2.45) is 11.3 Å². The van der Waals surface area contributed by atoms with Crippen molar-refractivity contribution in [1.82, 2.24) is 24.3 Å². The summed E-state index contributed by atoms with van der Waals surface area (Å²) in [5, 5.41) is 24.1. The van der Waals surface area contributed by atoms with Gasteiger partial charge in [-0.05, 0) is 39.2 Å². The molecule has 3 aromatic heterocycles. The molecule has 6 radical (unpaired) electrons. The van der Waals surface area contributed by atoms with Crippen LogP contribution >= 0.6 is 0 Å². The van der Waals surface area contributed by atoms with Crippen molar-refractivity contribution in [3.05, 3.63) is 31.0 Å². The second-order valence-electron chi connectivity index (χ2n) is 10.3. The Bertz CT molecular complexity index is 1270. The zero-order valence-corrected chi connectivity index (χ0v) is 20.0. The van der Waals surface area contributed by atoms with Gasteiger partial charge < -0.3 is 9.84 Å². The molecule has 9 nitrogen and oxygen atoms in total. The summed E-state index contributed by atoms with van der Waals surface area (Å²) in [5.41, 5.74) is -0.367. The second kappa shape index (κ2) is 8.87. The van der Waals surface area contributed by atoms with Crippen LogP contribution in [0.15, 0.2) is 31.0 Å². The van der Waals surface area contributed by atoms with Gasteiger partial charge >= 0.3 is 5.97 Å². The van der Waals surface area contributed by atoms with Gasteiger partial charge in [-0.25, -0.2) is 9.97 Å². The molecule has 3 atom stereocenters. The summed E-state index contributed by atoms with van der Waals surface area (Å²) >= 11 is 0. The van der Waals surface area contributed by atoms with Gasteiger partial charge in [0.05, 0.1) is 51.5 Å². The minimum absolute atomic E-state index is 0.0101. The highest BCUT2D eigenvalue weighted by atomic mass is 16.5. The number of rotatable bonds is 6. The van der Waals surface area contributed by atoms with Crippen LogP contribution in [0.5, 0.6) is 0 Å². The van der Waals surface area contributed by atoms with E-state index in [0.29, 0.717) is 23.3 Å². The van der Waals surface area contributed by atoms with E-state index in [4.69, 9.17) is 28.3 Å². The smallest absolute Gasteiger partial charge is 0.312 e. The third-order valence-electron chi connectivity index (χ3n) is 6.48. The summed E-state index contributed by atoms with van der Waals surface area (Å²) < 4.78 is 8.71. The zero-order valence-electron chi connectivity index (χ0n) is 20.0. The Labute approximate surface area is 208 Å². The summed E-state index contributed by atoms with van der Waals surface area (Å²) in [6, 6.07) is 3.32. The van der Waals surface area contributed by atoms with Crippen LogP contribution in [0.25, 0.3) is 22.3 Å². The fourth-order valence-corrected chi connectivity index (χ4v) is 4.67. The van der Waals surface area contributed by atoms with Crippen molar-refractivity contribution < 1.29 is 14.6 Å². The molecule has 3 heterocycles. The minimum Gasteiger partial charge on any atom is -0.443 e. The normalized spacial score (nSPS) is 22.7. The van der Waals surface area contributed by atoms with Crippen LogP contribution in [-0.4, -0.2) is 64.4 Å². The first-order valence-corrected chi connectivity index (χ1v) is 11.3. The number of fused-ring (bicyclic) bond motifs is 1. The van der Waals surface area contributed by atoms with Crippen LogP contribution in [0.2, 0.25) is 5.21 Å². The van der Waals surface area contributed by atoms with E-state index in [0.717, 1.165) is 5.39 Å². The Morgan fingerprint density at radius 1 is 1.34 bits per heavy atom. The Kier molecular flexibility index (Phi) is 6.35. The number of aromatic nitrogens is 5. The molecule has 1 fully saturated rings. The average Bonchev–Trinajstić information content (AvgIpc) is 3.47. The van der Waals surface area contributed by atoms with Crippen LogP contribution in [0.3, 0.4) is 0 Å². The lowest BCUT2D eigenvalue weighted by Crippen LogP contribution is -2.44. The molecule has 1 saturated carbocycles. The molecular weight excluding hydrogens is 441 g/mol. The maximum Gasteiger partial charge on any atom is 0.312 e. The van der Waals surface area contributed by atoms with Crippen LogP contribution in [-0.2, 0) is 16.3 Å². The Hall–Kier alpha value is -3.06. The maximum absolute atomic E-state index is 12.2. The van der Waals surface area contributed by atoms with Crippen LogP contribution < -0.4 is 0 Å². The lowest BCUT2D eigenvalue weighted by Gasteiger charge is -2.40. The molecule has 0 amide bonds. The van der Waals surface area contributed by atoms with E-state index < -0.39 is 28.1 Å². The van der Waals surface area contributed by atoms with Gasteiger partial charge in [-0.1, -0.05) is 11.6 Å². The molecule has 4 rings (SSSR count). The summed E-state index contributed by atoms with van der Waals surface area (Å²) in [4.78, 5) is 20.9. The first-order chi connectivity index (χ1) is 16.3. The lowest BCUT2D eigenvalue weighted by atomic mass is 9.45. The number of nitriles is 1. The molecule has 35 heavy (non-hydrogen) atoms. The van der Waals surface area contributed by atoms with Crippen molar-refractivity contribution >= 4 is 40.5 Å². The average molecular weight is 466 g/mol. The van der Waals surface area contributed by atoms with E-state index in [1.807, 2.05) is 6.07 Å². The monoisotopic (exact) mass is 466 g/mol. The lowest BCUT2D eigenvalue weighted by molar-refractivity contribution is -0.156. The summed E-state index contributed by atoms with van der Waals surface area (Å²) in [6.45, 7) is 5.39. The number of hydrogen-bond acceptors (Lipinski definition) is 7. The Balaban J connectivity index is 1.66. The number of nitrogens with zero attached hydrogens (tertiary/aromatic N) is 6. The fourth-order valence-electron chi connectivity index (χ4n) is 4.67. The predicted octanol–water partition coefficient (Wildman–Crippen LogP) is 2.02. The van der Waals surface area contributed by atoms with Crippen LogP contribution in [0.1, 0.15) is 46.1 Å². The highest BCUT2D eigenvalue weighted by molar-refractivity contribution is 6.41. The van der Waals surface area contributed by atoms with Gasteiger partial charge in [0.1, 0.15) is 19.8 Å². The molecule has 0 aromatic carbocycles. The van der Waals surface area contributed by atoms with E-state index in [9.17, 15) is 15.2 Å². The number of hydrogen-bond donors (Lipinski definition) is 1. The molecule has 3 unspecified atom stereocenters. The topological polar surface area (TPSA) is 119 Å². The second-order valence-corrected chi connectivity index (χ2v) is 10.3. The number of aliphatic hydroxyl groups is 1. The SMILES string of the molecule is [B]C1([B])CCC([B])(O)C1C(CC#N)n1cc(-c2ncnc3c2ccn3COC(=O)C(C)(C)C)cn1. The van der Waals surface area contributed by atoms with Crippen LogP contribution in [0, 0.1) is 22.7 Å². The fraction of sp³-hybridized carbons (Fsp3) is 0.522. The van der Waals surface area contributed by atoms with E-state index in [-0.39, 0.29) is 25.5 Å². The van der Waals surface area contributed by atoms with Crippen molar-refractivity contribution in [2.75, 3.05) is 0 Å². The van der Waals surface area contributed by atoms with E-state index in [1.54, 1.807) is 48.6 Å². The molecule has 0 spiro atoms. The number of esters is 1. The summed E-state index contributed by atoms with van der Waals surface area (Å²) in [7, 11) is 18.7. The molecule has 0 bridgehead atoms. The molecule has 0 aliphatic heterocycles. The van der Waals surface area contributed by atoms with Crippen molar-refractivity contribution in [1.29, 1.82) is 5.26 Å². The van der Waals surface area contributed by atoms with Gasteiger partial charge in [0.15, 0.2) is 6.73 Å².